The van der Waals surface area contributed by atoms with E-state index in [-0.39, 0.29) is 5.91 Å². The predicted molar refractivity (Wildman–Crippen MR) is 112 cm³/mol. The van der Waals surface area contributed by atoms with Crippen molar-refractivity contribution in [1.29, 1.82) is 0 Å². The molecule has 2 nitrogen and oxygen atoms in total. The molecular formula is C23H14ClNOS. The van der Waals surface area contributed by atoms with Gasteiger partial charge in [0.2, 0.25) is 0 Å². The van der Waals surface area contributed by atoms with Gasteiger partial charge in [-0.2, -0.15) is 0 Å². The topological polar surface area (TPSA) is 20.3 Å². The molecule has 0 N–H and O–H groups in total. The molecule has 0 saturated heterocycles. The van der Waals surface area contributed by atoms with Crippen LogP contribution >= 0.6 is 23.4 Å². The molecule has 4 aromatic rings. The maximum absolute atomic E-state index is 13.7. The van der Waals surface area contributed by atoms with Crippen LogP contribution in [0.1, 0.15) is 10.4 Å². The number of amides is 1. The number of rotatable bonds is 1. The summed E-state index contributed by atoms with van der Waals surface area (Å²) in [7, 11) is 0. The van der Waals surface area contributed by atoms with E-state index in [4.69, 9.17) is 11.6 Å². The zero-order valence-electron chi connectivity index (χ0n) is 14.2. The Hall–Kier alpha value is -2.75. The number of para-hydroxylation sites is 1. The Bertz CT molecular complexity index is 1200. The second kappa shape index (κ2) is 6.45. The Morgan fingerprint density at radius 2 is 1.52 bits per heavy atom. The lowest BCUT2D eigenvalue weighted by molar-refractivity contribution is 0.1000. The number of halogens is 1. The normalized spacial score (nSPS) is 12.6. The number of nitrogens with zero attached hydrogens (tertiary/aromatic N) is 1. The molecule has 0 radical (unpaired) electrons. The number of fused-ring (bicyclic) bond motifs is 3. The lowest BCUT2D eigenvalue weighted by atomic mass is 10.0. The largest absolute Gasteiger partial charge is 0.275 e. The molecule has 27 heavy (non-hydrogen) atoms. The highest BCUT2D eigenvalue weighted by molar-refractivity contribution is 7.99. The van der Waals surface area contributed by atoms with Crippen molar-refractivity contribution in [1.82, 2.24) is 0 Å². The van der Waals surface area contributed by atoms with Crippen molar-refractivity contribution in [2.24, 2.45) is 0 Å². The maximum Gasteiger partial charge on any atom is 0.263 e. The third kappa shape index (κ3) is 2.71. The number of carbonyl (C=O) groups excluding carboxylic acids is 1. The molecule has 0 fully saturated rings. The lowest BCUT2D eigenvalue weighted by Crippen LogP contribution is -2.28. The van der Waals surface area contributed by atoms with E-state index in [9.17, 15) is 4.79 Å². The van der Waals surface area contributed by atoms with Crippen LogP contribution in [-0.4, -0.2) is 5.91 Å². The monoisotopic (exact) mass is 387 g/mol. The fourth-order valence-electron chi connectivity index (χ4n) is 3.48. The van der Waals surface area contributed by atoms with Gasteiger partial charge in [0, 0.05) is 20.4 Å². The minimum atomic E-state index is -0.0527. The Morgan fingerprint density at radius 3 is 2.44 bits per heavy atom. The Balaban J connectivity index is 1.75. The highest BCUT2D eigenvalue weighted by atomic mass is 35.5. The van der Waals surface area contributed by atoms with Gasteiger partial charge in [-0.3, -0.25) is 9.69 Å². The number of carbonyl (C=O) groups is 1. The van der Waals surface area contributed by atoms with Crippen LogP contribution in [0.5, 0.6) is 0 Å². The summed E-state index contributed by atoms with van der Waals surface area (Å²) in [6.45, 7) is 0. The molecule has 0 saturated carbocycles. The molecule has 4 aromatic carbocycles. The average molecular weight is 388 g/mol. The molecule has 1 heterocycles. The summed E-state index contributed by atoms with van der Waals surface area (Å²) < 4.78 is 0. The molecule has 1 aliphatic heterocycles. The number of anilines is 2. The number of hydrogen-bond donors (Lipinski definition) is 0. The van der Waals surface area contributed by atoms with Gasteiger partial charge in [-0.1, -0.05) is 71.9 Å². The first kappa shape index (κ1) is 16.4. The Kier molecular flexibility index (Phi) is 3.92. The first-order valence-corrected chi connectivity index (χ1v) is 9.80. The van der Waals surface area contributed by atoms with Gasteiger partial charge in [-0.15, -0.1) is 0 Å². The lowest BCUT2D eigenvalue weighted by Gasteiger charge is -2.31. The summed E-state index contributed by atoms with van der Waals surface area (Å²) in [5, 5.41) is 2.61. The summed E-state index contributed by atoms with van der Waals surface area (Å²) in [5.74, 6) is -0.0527. The predicted octanol–water partition coefficient (Wildman–Crippen LogP) is 6.94. The summed E-state index contributed by atoms with van der Waals surface area (Å²) in [6.07, 6.45) is 0. The van der Waals surface area contributed by atoms with Gasteiger partial charge in [0.25, 0.3) is 5.91 Å². The fraction of sp³-hybridized carbons (Fsp3) is 0. The van der Waals surface area contributed by atoms with Crippen LogP contribution < -0.4 is 4.90 Å². The summed E-state index contributed by atoms with van der Waals surface area (Å²) in [5.41, 5.74) is 2.39. The molecule has 0 unspecified atom stereocenters. The molecule has 1 aliphatic rings. The molecule has 0 aliphatic carbocycles. The maximum atomic E-state index is 13.7. The van der Waals surface area contributed by atoms with Crippen LogP contribution in [0.4, 0.5) is 11.4 Å². The van der Waals surface area contributed by atoms with Crippen molar-refractivity contribution < 1.29 is 4.79 Å². The second-order valence-corrected chi connectivity index (χ2v) is 7.87. The standard InChI is InChI=1S/C23H14ClNOS/c24-16-12-13-22-20(14-16)25(19-10-3-4-11-21(19)27-22)23(26)18-9-5-7-15-6-1-2-8-17(15)18/h1-14H. The molecule has 0 bridgehead atoms. The summed E-state index contributed by atoms with van der Waals surface area (Å²) in [6, 6.07) is 27.5. The van der Waals surface area contributed by atoms with Crippen molar-refractivity contribution in [3.8, 4) is 0 Å². The Labute approximate surface area is 166 Å². The third-order valence-corrected chi connectivity index (χ3v) is 6.08. The quantitative estimate of drug-likeness (QED) is 0.352. The van der Waals surface area contributed by atoms with Gasteiger partial charge < -0.3 is 0 Å². The molecule has 0 spiro atoms. The van der Waals surface area contributed by atoms with Crippen LogP contribution in [-0.2, 0) is 0 Å². The van der Waals surface area contributed by atoms with E-state index >= 15 is 0 Å². The van der Waals surface area contributed by atoms with E-state index in [0.29, 0.717) is 10.6 Å². The van der Waals surface area contributed by atoms with Gasteiger partial charge in [0.15, 0.2) is 0 Å². The summed E-state index contributed by atoms with van der Waals surface area (Å²) >= 11 is 7.93. The second-order valence-electron chi connectivity index (χ2n) is 6.35. The van der Waals surface area contributed by atoms with Crippen LogP contribution in [0.25, 0.3) is 10.8 Å². The number of benzene rings is 4. The van der Waals surface area contributed by atoms with Crippen molar-refractivity contribution in [2.45, 2.75) is 9.79 Å². The first-order chi connectivity index (χ1) is 13.2. The zero-order valence-corrected chi connectivity index (χ0v) is 15.8. The molecule has 0 aromatic heterocycles. The molecule has 130 valence electrons. The average Bonchev–Trinajstić information content (AvgIpc) is 2.71. The fourth-order valence-corrected chi connectivity index (χ4v) is 4.68. The van der Waals surface area contributed by atoms with Crippen molar-refractivity contribution in [3.63, 3.8) is 0 Å². The minimum Gasteiger partial charge on any atom is -0.275 e. The molecular weight excluding hydrogens is 374 g/mol. The van der Waals surface area contributed by atoms with Gasteiger partial charge in [-0.25, -0.2) is 0 Å². The van der Waals surface area contributed by atoms with Crippen LogP contribution in [0.2, 0.25) is 5.02 Å². The highest BCUT2D eigenvalue weighted by Crippen LogP contribution is 2.49. The van der Waals surface area contributed by atoms with Crippen LogP contribution in [0, 0.1) is 0 Å². The van der Waals surface area contributed by atoms with Crippen molar-refractivity contribution >= 4 is 51.4 Å². The van der Waals surface area contributed by atoms with E-state index in [1.165, 1.54) is 0 Å². The molecule has 1 amide bonds. The highest BCUT2D eigenvalue weighted by Gasteiger charge is 2.29. The van der Waals surface area contributed by atoms with E-state index < -0.39 is 0 Å². The number of hydrogen-bond acceptors (Lipinski definition) is 2. The molecule has 5 rings (SSSR count). The third-order valence-electron chi connectivity index (χ3n) is 4.71. The summed E-state index contributed by atoms with van der Waals surface area (Å²) in [4.78, 5) is 17.6. The van der Waals surface area contributed by atoms with Gasteiger partial charge in [0.1, 0.15) is 0 Å². The molecule has 0 atom stereocenters. The van der Waals surface area contributed by atoms with Crippen LogP contribution in [0.15, 0.2) is 94.7 Å². The van der Waals surface area contributed by atoms with E-state index in [1.807, 2.05) is 84.9 Å². The Morgan fingerprint density at radius 1 is 0.778 bits per heavy atom. The minimum absolute atomic E-state index is 0.0527. The van der Waals surface area contributed by atoms with Gasteiger partial charge >= 0.3 is 0 Å². The van der Waals surface area contributed by atoms with E-state index in [2.05, 4.69) is 0 Å². The SMILES string of the molecule is O=C(c1cccc2ccccc12)N1c2ccccc2Sc2ccc(Cl)cc21. The van der Waals surface area contributed by atoms with Crippen LogP contribution in [0.3, 0.4) is 0 Å². The van der Waals surface area contributed by atoms with Crippen molar-refractivity contribution in [3.05, 3.63) is 95.5 Å². The zero-order chi connectivity index (χ0) is 18.4. The van der Waals surface area contributed by atoms with Gasteiger partial charge in [0.05, 0.1) is 11.4 Å². The van der Waals surface area contributed by atoms with Crippen molar-refractivity contribution in [2.75, 3.05) is 4.90 Å². The smallest absolute Gasteiger partial charge is 0.263 e. The first-order valence-electron chi connectivity index (χ1n) is 8.61. The van der Waals surface area contributed by atoms with E-state index in [1.54, 1.807) is 16.7 Å². The van der Waals surface area contributed by atoms with E-state index in [0.717, 1.165) is 31.9 Å². The molecule has 4 heteroatoms. The van der Waals surface area contributed by atoms with Gasteiger partial charge in [-0.05, 0) is 47.2 Å².